The molecule has 1 aromatic carbocycles. The van der Waals surface area contributed by atoms with Gasteiger partial charge in [0.05, 0.1) is 0 Å². The number of hydrogen-bond acceptors (Lipinski definition) is 1. The van der Waals surface area contributed by atoms with Crippen molar-refractivity contribution in [1.29, 1.82) is 0 Å². The fourth-order valence-electron chi connectivity index (χ4n) is 1.75. The highest BCUT2D eigenvalue weighted by molar-refractivity contribution is 5.83. The summed E-state index contributed by atoms with van der Waals surface area (Å²) in [5.41, 5.74) is 1.41. The van der Waals surface area contributed by atoms with Crippen LogP contribution in [0.4, 0.5) is 8.78 Å². The third-order valence-corrected chi connectivity index (χ3v) is 2.58. The van der Waals surface area contributed by atoms with Crippen LogP contribution in [-0.4, -0.2) is 17.4 Å². The molecule has 2 aromatic rings. The number of rotatable bonds is 3. The van der Waals surface area contributed by atoms with Crippen molar-refractivity contribution in [2.45, 2.75) is 13.3 Å². The molecule has 2 rings (SSSR count). The molecule has 1 aromatic heterocycles. The molecule has 0 spiro atoms. The highest BCUT2D eigenvalue weighted by Crippen LogP contribution is 2.21. The maximum Gasteiger partial charge on any atom is 0.216 e. The van der Waals surface area contributed by atoms with Crippen molar-refractivity contribution in [3.05, 3.63) is 35.5 Å². The molecule has 17 heavy (non-hydrogen) atoms. The molecule has 3 nitrogen and oxygen atoms in total. The number of carbonyl (C=O) groups is 1. The normalized spacial score (nSPS) is 10.8. The van der Waals surface area contributed by atoms with Crippen molar-refractivity contribution in [2.24, 2.45) is 0 Å². The largest absolute Gasteiger partial charge is 0.361 e. The molecule has 5 heteroatoms. The van der Waals surface area contributed by atoms with E-state index in [0.29, 0.717) is 23.9 Å². The van der Waals surface area contributed by atoms with Crippen LogP contribution in [0.15, 0.2) is 18.3 Å². The summed E-state index contributed by atoms with van der Waals surface area (Å²) in [5, 5.41) is 3.30. The van der Waals surface area contributed by atoms with Gasteiger partial charge in [0, 0.05) is 36.6 Å². The van der Waals surface area contributed by atoms with Crippen LogP contribution in [0.5, 0.6) is 0 Å². The highest BCUT2D eigenvalue weighted by Gasteiger charge is 2.09. The van der Waals surface area contributed by atoms with Crippen LogP contribution in [0.1, 0.15) is 12.5 Å². The lowest BCUT2D eigenvalue weighted by atomic mass is 10.1. The van der Waals surface area contributed by atoms with Gasteiger partial charge in [-0.15, -0.1) is 0 Å². The van der Waals surface area contributed by atoms with Gasteiger partial charge in [0.15, 0.2) is 11.6 Å². The lowest BCUT2D eigenvalue weighted by molar-refractivity contribution is -0.118. The number of aromatic nitrogens is 1. The van der Waals surface area contributed by atoms with Gasteiger partial charge in [-0.2, -0.15) is 0 Å². The molecule has 0 atom stereocenters. The van der Waals surface area contributed by atoms with Crippen LogP contribution in [-0.2, 0) is 11.2 Å². The number of aromatic amines is 1. The molecule has 90 valence electrons. The van der Waals surface area contributed by atoms with Gasteiger partial charge >= 0.3 is 0 Å². The fourth-order valence-corrected chi connectivity index (χ4v) is 1.75. The van der Waals surface area contributed by atoms with E-state index in [0.717, 1.165) is 11.6 Å². The van der Waals surface area contributed by atoms with E-state index in [9.17, 15) is 13.6 Å². The van der Waals surface area contributed by atoms with Crippen molar-refractivity contribution < 1.29 is 13.6 Å². The van der Waals surface area contributed by atoms with Crippen LogP contribution in [0, 0.1) is 11.6 Å². The van der Waals surface area contributed by atoms with Crippen molar-refractivity contribution >= 4 is 16.8 Å². The third-order valence-electron chi connectivity index (χ3n) is 2.58. The number of carbonyl (C=O) groups excluding carboxylic acids is 1. The first-order valence-corrected chi connectivity index (χ1v) is 5.27. The average Bonchev–Trinajstić information content (AvgIpc) is 2.62. The van der Waals surface area contributed by atoms with E-state index in [2.05, 4.69) is 10.3 Å². The summed E-state index contributed by atoms with van der Waals surface area (Å²) in [6.07, 6.45) is 2.27. The summed E-state index contributed by atoms with van der Waals surface area (Å²) in [6.45, 7) is 1.91. The molecule has 0 saturated carbocycles. The lowest BCUT2D eigenvalue weighted by Crippen LogP contribution is -2.22. The Morgan fingerprint density at radius 1 is 1.35 bits per heavy atom. The Balaban J connectivity index is 2.23. The van der Waals surface area contributed by atoms with E-state index in [1.165, 1.54) is 13.0 Å². The molecule has 0 radical (unpaired) electrons. The van der Waals surface area contributed by atoms with Crippen molar-refractivity contribution in [3.63, 3.8) is 0 Å². The number of benzene rings is 1. The second-order valence-electron chi connectivity index (χ2n) is 3.86. The molecule has 0 bridgehead atoms. The number of nitrogens with one attached hydrogen (secondary N) is 2. The predicted octanol–water partition coefficient (Wildman–Crippen LogP) is 2.12. The quantitative estimate of drug-likeness (QED) is 0.845. The molecular weight excluding hydrogens is 226 g/mol. The molecular formula is C12H12F2N2O. The maximum atomic E-state index is 13.1. The van der Waals surface area contributed by atoms with Gasteiger partial charge in [0.25, 0.3) is 0 Å². The van der Waals surface area contributed by atoms with Crippen molar-refractivity contribution in [3.8, 4) is 0 Å². The zero-order chi connectivity index (χ0) is 12.4. The van der Waals surface area contributed by atoms with E-state index in [4.69, 9.17) is 0 Å². The van der Waals surface area contributed by atoms with Gasteiger partial charge in [-0.25, -0.2) is 8.78 Å². The molecule has 0 aliphatic heterocycles. The summed E-state index contributed by atoms with van der Waals surface area (Å²) in [7, 11) is 0. The first-order chi connectivity index (χ1) is 8.08. The molecule has 0 saturated heterocycles. The number of H-pyrrole nitrogens is 1. The molecule has 2 N–H and O–H groups in total. The fraction of sp³-hybridized carbons (Fsp3) is 0.250. The zero-order valence-electron chi connectivity index (χ0n) is 9.31. The minimum atomic E-state index is -0.868. The molecule has 1 amide bonds. The van der Waals surface area contributed by atoms with E-state index in [1.54, 1.807) is 6.20 Å². The summed E-state index contributed by atoms with van der Waals surface area (Å²) in [4.78, 5) is 13.6. The Morgan fingerprint density at radius 3 is 2.76 bits per heavy atom. The van der Waals surface area contributed by atoms with E-state index in [-0.39, 0.29) is 5.91 Å². The molecule has 0 aliphatic rings. The van der Waals surface area contributed by atoms with Crippen LogP contribution in [0.3, 0.4) is 0 Å². The minimum absolute atomic E-state index is 0.109. The first kappa shape index (κ1) is 11.6. The lowest BCUT2D eigenvalue weighted by Gasteiger charge is -2.01. The van der Waals surface area contributed by atoms with Crippen LogP contribution >= 0.6 is 0 Å². The van der Waals surface area contributed by atoms with Gasteiger partial charge in [0.2, 0.25) is 5.91 Å². The summed E-state index contributed by atoms with van der Waals surface area (Å²) < 4.78 is 26.1. The average molecular weight is 238 g/mol. The van der Waals surface area contributed by atoms with Gasteiger partial charge in [-0.05, 0) is 18.1 Å². The van der Waals surface area contributed by atoms with E-state index >= 15 is 0 Å². The predicted molar refractivity (Wildman–Crippen MR) is 60.6 cm³/mol. The SMILES string of the molecule is CC(=O)NCCc1c[nH]c2cc(F)c(F)cc12. The molecule has 0 aliphatic carbocycles. The second-order valence-corrected chi connectivity index (χ2v) is 3.86. The first-order valence-electron chi connectivity index (χ1n) is 5.27. The summed E-state index contributed by atoms with van der Waals surface area (Å²) >= 11 is 0. The Labute approximate surface area is 96.8 Å². The molecule has 1 heterocycles. The Hall–Kier alpha value is -1.91. The van der Waals surface area contributed by atoms with E-state index in [1.807, 2.05) is 0 Å². The zero-order valence-corrected chi connectivity index (χ0v) is 9.31. The van der Waals surface area contributed by atoms with Crippen LogP contribution in [0.2, 0.25) is 0 Å². The standard InChI is InChI=1S/C12H12F2N2O/c1-7(17)15-3-2-8-6-16-12-5-11(14)10(13)4-9(8)12/h4-6,16H,2-3H2,1H3,(H,15,17). The van der Waals surface area contributed by atoms with Gasteiger partial charge in [0.1, 0.15) is 0 Å². The maximum absolute atomic E-state index is 13.1. The molecule has 0 fully saturated rings. The Bertz CT molecular complexity index is 563. The third kappa shape index (κ3) is 2.43. The van der Waals surface area contributed by atoms with Crippen LogP contribution < -0.4 is 5.32 Å². The number of halogens is 2. The van der Waals surface area contributed by atoms with Crippen molar-refractivity contribution in [1.82, 2.24) is 10.3 Å². The minimum Gasteiger partial charge on any atom is -0.361 e. The Kier molecular flexibility index (Phi) is 3.08. The monoisotopic (exact) mass is 238 g/mol. The number of hydrogen-bond donors (Lipinski definition) is 2. The summed E-state index contributed by atoms with van der Waals surface area (Å²) in [6, 6.07) is 2.30. The van der Waals surface area contributed by atoms with Crippen LogP contribution in [0.25, 0.3) is 10.9 Å². The van der Waals surface area contributed by atoms with Crippen molar-refractivity contribution in [2.75, 3.05) is 6.54 Å². The Morgan fingerprint density at radius 2 is 2.06 bits per heavy atom. The highest BCUT2D eigenvalue weighted by atomic mass is 19.2. The van der Waals surface area contributed by atoms with Gasteiger partial charge in [-0.3, -0.25) is 4.79 Å². The summed E-state index contributed by atoms with van der Waals surface area (Å²) in [5.74, 6) is -1.84. The van der Waals surface area contributed by atoms with Gasteiger partial charge < -0.3 is 10.3 Å². The van der Waals surface area contributed by atoms with E-state index < -0.39 is 11.6 Å². The number of amides is 1. The van der Waals surface area contributed by atoms with Gasteiger partial charge in [-0.1, -0.05) is 0 Å². The topological polar surface area (TPSA) is 44.9 Å². The number of fused-ring (bicyclic) bond motifs is 1. The second kappa shape index (κ2) is 4.53. The molecule has 0 unspecified atom stereocenters. The smallest absolute Gasteiger partial charge is 0.216 e.